The Kier molecular flexibility index (Phi) is 6.07. The van der Waals surface area contributed by atoms with Crippen molar-refractivity contribution in [2.24, 2.45) is 11.3 Å². The van der Waals surface area contributed by atoms with Gasteiger partial charge in [0.1, 0.15) is 5.75 Å². The van der Waals surface area contributed by atoms with Gasteiger partial charge in [0.15, 0.2) is 0 Å². The molecule has 2 bridgehead atoms. The summed E-state index contributed by atoms with van der Waals surface area (Å²) in [7, 11) is 0. The molecule has 2 aromatic carbocycles. The highest BCUT2D eigenvalue weighted by molar-refractivity contribution is 5.68. The summed E-state index contributed by atoms with van der Waals surface area (Å²) < 4.78 is 11.2. The number of fused-ring (bicyclic) bond motifs is 3. The molecule has 2 aromatic rings. The van der Waals surface area contributed by atoms with Gasteiger partial charge in [-0.15, -0.1) is 0 Å². The second-order valence-corrected chi connectivity index (χ2v) is 11.1. The molecule has 1 N–H and O–H groups in total. The van der Waals surface area contributed by atoms with Crippen molar-refractivity contribution in [2.75, 3.05) is 39.5 Å². The average Bonchev–Trinajstić information content (AvgIpc) is 2.82. The zero-order valence-electron chi connectivity index (χ0n) is 20.5. The number of carboxylic acid groups (broad SMARTS) is 1. The van der Waals surface area contributed by atoms with Gasteiger partial charge in [-0.3, -0.25) is 4.90 Å². The van der Waals surface area contributed by atoms with E-state index in [4.69, 9.17) is 9.47 Å². The average molecular weight is 465 g/mol. The highest BCUT2D eigenvalue weighted by Gasteiger charge is 2.45. The minimum Gasteiger partial charge on any atom is -0.493 e. The Balaban J connectivity index is 1.30. The van der Waals surface area contributed by atoms with E-state index in [1.807, 2.05) is 26.0 Å². The highest BCUT2D eigenvalue weighted by Crippen LogP contribution is 2.39. The van der Waals surface area contributed by atoms with E-state index >= 15 is 0 Å². The molecule has 0 aromatic heterocycles. The highest BCUT2D eigenvalue weighted by atomic mass is 16.5. The molecule has 4 saturated heterocycles. The van der Waals surface area contributed by atoms with Gasteiger partial charge < -0.3 is 19.5 Å². The summed E-state index contributed by atoms with van der Waals surface area (Å²) in [6, 6.07) is 16.6. The number of amides is 1. The predicted molar refractivity (Wildman–Crippen MR) is 132 cm³/mol. The molecule has 182 valence electrons. The van der Waals surface area contributed by atoms with E-state index in [2.05, 4.69) is 48.2 Å². The van der Waals surface area contributed by atoms with Gasteiger partial charge in [-0.1, -0.05) is 43.3 Å². The first-order chi connectivity index (χ1) is 16.2. The van der Waals surface area contributed by atoms with Crippen LogP contribution in [0.5, 0.6) is 5.75 Å². The van der Waals surface area contributed by atoms with Gasteiger partial charge in [0.25, 0.3) is 0 Å². The van der Waals surface area contributed by atoms with Crippen LogP contribution in [0.15, 0.2) is 48.5 Å². The van der Waals surface area contributed by atoms with Crippen LogP contribution in [0.2, 0.25) is 0 Å². The van der Waals surface area contributed by atoms with Crippen LogP contribution in [0.1, 0.15) is 39.2 Å². The second-order valence-electron chi connectivity index (χ2n) is 11.1. The summed E-state index contributed by atoms with van der Waals surface area (Å²) in [6.45, 7) is 11.5. The van der Waals surface area contributed by atoms with Crippen LogP contribution in [0.25, 0.3) is 11.1 Å². The third kappa shape index (κ3) is 4.41. The molecule has 0 aliphatic carbocycles. The second kappa shape index (κ2) is 8.90. The molecule has 6 heteroatoms. The summed E-state index contributed by atoms with van der Waals surface area (Å²) in [5.74, 6) is 1.32. The maximum absolute atomic E-state index is 12.4. The topological polar surface area (TPSA) is 62.2 Å². The van der Waals surface area contributed by atoms with E-state index in [0.29, 0.717) is 12.5 Å². The minimum atomic E-state index is -0.828. The molecule has 6 rings (SSSR count). The number of piperidine rings is 3. The molecule has 4 heterocycles. The van der Waals surface area contributed by atoms with Crippen LogP contribution < -0.4 is 4.74 Å². The molecule has 0 spiro atoms. The summed E-state index contributed by atoms with van der Waals surface area (Å²) in [5.41, 5.74) is 2.76. The molecule has 0 saturated carbocycles. The van der Waals surface area contributed by atoms with Crippen molar-refractivity contribution >= 4 is 6.09 Å². The maximum atomic E-state index is 12.4. The lowest BCUT2D eigenvalue weighted by atomic mass is 9.80. The fourth-order valence-electron chi connectivity index (χ4n) is 5.77. The molecule has 1 atom stereocenters. The fraction of sp³-hybridized carbons (Fsp3) is 0.536. The lowest BCUT2D eigenvalue weighted by Crippen LogP contribution is -2.62. The zero-order chi connectivity index (χ0) is 23.9. The number of nitrogens with zero attached hydrogens (tertiary/aromatic N) is 2. The predicted octanol–water partition coefficient (Wildman–Crippen LogP) is 5.08. The zero-order valence-corrected chi connectivity index (χ0v) is 20.5. The van der Waals surface area contributed by atoms with Gasteiger partial charge in [-0.2, -0.15) is 0 Å². The van der Waals surface area contributed by atoms with Crippen molar-refractivity contribution in [3.05, 3.63) is 54.1 Å². The van der Waals surface area contributed by atoms with Crippen molar-refractivity contribution in [1.82, 2.24) is 9.80 Å². The van der Waals surface area contributed by atoms with E-state index in [-0.39, 0.29) is 11.5 Å². The maximum Gasteiger partial charge on any atom is 0.408 e. The smallest absolute Gasteiger partial charge is 0.408 e. The summed E-state index contributed by atoms with van der Waals surface area (Å²) in [4.78, 5) is 16.6. The standard InChI is InChI=1S/C28H36N2O4/c1-27(2,30(26(31)32)25-16-29-14-12-22(25)13-15-29)23-8-4-20(5-9-23)21-6-10-24(11-7-21)34-19-28(3)17-33-18-28/h4-11,22,25H,12-19H2,1-3H3,(H,31,32). The Morgan fingerprint density at radius 3 is 2.15 bits per heavy atom. The van der Waals surface area contributed by atoms with Gasteiger partial charge in [-0.25, -0.2) is 4.79 Å². The minimum absolute atomic E-state index is 0.0518. The molecule has 34 heavy (non-hydrogen) atoms. The number of hydrogen-bond acceptors (Lipinski definition) is 4. The summed E-state index contributed by atoms with van der Waals surface area (Å²) >= 11 is 0. The van der Waals surface area contributed by atoms with Crippen LogP contribution >= 0.6 is 0 Å². The first-order valence-electron chi connectivity index (χ1n) is 12.4. The quantitative estimate of drug-likeness (QED) is 0.619. The van der Waals surface area contributed by atoms with E-state index in [1.165, 1.54) is 0 Å². The lowest BCUT2D eigenvalue weighted by Gasteiger charge is -2.52. The molecule has 1 amide bonds. The SMILES string of the molecule is CC1(COc2ccc(-c3ccc(C(C)(C)N(C(=O)O)C4CN5CCC4CC5)cc3)cc2)COC1. The monoisotopic (exact) mass is 464 g/mol. The third-order valence-electron chi connectivity index (χ3n) is 8.03. The first-order valence-corrected chi connectivity index (χ1v) is 12.4. The van der Waals surface area contributed by atoms with E-state index in [0.717, 1.165) is 68.1 Å². The Hall–Kier alpha value is -2.57. The normalized spacial score (nSPS) is 25.4. The third-order valence-corrected chi connectivity index (χ3v) is 8.03. The largest absolute Gasteiger partial charge is 0.493 e. The fourth-order valence-corrected chi connectivity index (χ4v) is 5.77. The van der Waals surface area contributed by atoms with Gasteiger partial charge in [0.05, 0.1) is 31.4 Å². The molecule has 6 nitrogen and oxygen atoms in total. The van der Waals surface area contributed by atoms with Crippen molar-refractivity contribution in [1.29, 1.82) is 0 Å². The molecule has 4 fully saturated rings. The van der Waals surface area contributed by atoms with Crippen LogP contribution in [0.4, 0.5) is 4.79 Å². The summed E-state index contributed by atoms with van der Waals surface area (Å²) in [6.07, 6.45) is 1.36. The number of hydrogen-bond donors (Lipinski definition) is 1. The van der Waals surface area contributed by atoms with Crippen LogP contribution in [0.3, 0.4) is 0 Å². The van der Waals surface area contributed by atoms with Crippen LogP contribution in [0, 0.1) is 11.3 Å². The van der Waals surface area contributed by atoms with Gasteiger partial charge >= 0.3 is 6.09 Å². The Bertz CT molecular complexity index is 1010. The first kappa shape index (κ1) is 23.2. The number of carbonyl (C=O) groups is 1. The summed E-state index contributed by atoms with van der Waals surface area (Å²) in [5, 5.41) is 10.2. The van der Waals surface area contributed by atoms with Crippen molar-refractivity contribution in [3.63, 3.8) is 0 Å². The molecule has 1 unspecified atom stereocenters. The Morgan fingerprint density at radius 1 is 1.09 bits per heavy atom. The Morgan fingerprint density at radius 2 is 1.68 bits per heavy atom. The van der Waals surface area contributed by atoms with Gasteiger partial charge in [-0.05, 0) is 74.5 Å². The van der Waals surface area contributed by atoms with Crippen molar-refractivity contribution < 1.29 is 19.4 Å². The van der Waals surface area contributed by atoms with E-state index in [1.54, 1.807) is 4.90 Å². The lowest BCUT2D eigenvalue weighted by molar-refractivity contribution is -0.120. The molecular formula is C28H36N2O4. The molecule has 0 radical (unpaired) electrons. The van der Waals surface area contributed by atoms with E-state index < -0.39 is 11.6 Å². The number of rotatable bonds is 7. The van der Waals surface area contributed by atoms with Crippen molar-refractivity contribution in [2.45, 2.75) is 45.2 Å². The van der Waals surface area contributed by atoms with Crippen LogP contribution in [-0.2, 0) is 10.3 Å². The van der Waals surface area contributed by atoms with Gasteiger partial charge in [0, 0.05) is 12.0 Å². The molecular weight excluding hydrogens is 428 g/mol. The number of benzene rings is 2. The number of ether oxygens (including phenoxy) is 2. The van der Waals surface area contributed by atoms with Gasteiger partial charge in [0.2, 0.25) is 0 Å². The Labute approximate surface area is 202 Å². The molecule has 4 aliphatic heterocycles. The van der Waals surface area contributed by atoms with Crippen LogP contribution in [-0.4, -0.2) is 66.5 Å². The van der Waals surface area contributed by atoms with E-state index in [9.17, 15) is 9.90 Å². The van der Waals surface area contributed by atoms with Crippen molar-refractivity contribution in [3.8, 4) is 16.9 Å². The molecule has 4 aliphatic rings.